The minimum Gasteiger partial charge on any atom is -0.410 e. The summed E-state index contributed by atoms with van der Waals surface area (Å²) in [6.45, 7) is 0.194. The van der Waals surface area contributed by atoms with E-state index >= 15 is 0 Å². The van der Waals surface area contributed by atoms with Crippen molar-refractivity contribution < 1.29 is 14.6 Å². The molecule has 0 atom stereocenters. The van der Waals surface area contributed by atoms with Crippen LogP contribution in [0.25, 0.3) is 11.4 Å². The number of amides is 1. The Morgan fingerprint density at radius 1 is 1.13 bits per heavy atom. The molecule has 2 aromatic carbocycles. The van der Waals surface area contributed by atoms with E-state index in [4.69, 9.17) is 20.6 Å². The average molecular weight is 437 g/mol. The van der Waals surface area contributed by atoms with E-state index < -0.39 is 6.09 Å². The van der Waals surface area contributed by atoms with Gasteiger partial charge >= 0.3 is 6.09 Å². The number of nitrogens with two attached hydrogens (primary N) is 1. The topological polar surface area (TPSA) is 110 Å². The number of carbonyl (C=O) groups excluding carboxylic acids is 1. The van der Waals surface area contributed by atoms with Crippen molar-refractivity contribution in [3.63, 3.8) is 0 Å². The summed E-state index contributed by atoms with van der Waals surface area (Å²) in [5.41, 5.74) is 8.42. The Balaban J connectivity index is 1.45. The third kappa shape index (κ3) is 5.34. The van der Waals surface area contributed by atoms with Gasteiger partial charge in [0, 0.05) is 23.9 Å². The Bertz CT molecular complexity index is 1040. The number of nitrogens with one attached hydrogen (secondary N) is 1. The molecule has 3 aromatic rings. The normalized spacial score (nSPS) is 14.1. The number of nitrogens with zero attached hydrogens (tertiary/aromatic N) is 2. The molecular weight excluding hydrogens is 412 g/mol. The highest BCUT2D eigenvalue weighted by Gasteiger charge is 2.46. The fraction of sp³-hybridized carbons (Fsp3) is 0.261. The van der Waals surface area contributed by atoms with Crippen molar-refractivity contribution in [3.8, 4) is 17.1 Å². The Morgan fingerprint density at radius 3 is 2.55 bits per heavy atom. The molecule has 0 saturated heterocycles. The van der Waals surface area contributed by atoms with Crippen molar-refractivity contribution >= 4 is 29.4 Å². The summed E-state index contributed by atoms with van der Waals surface area (Å²) in [7, 11) is 0. The number of aliphatic hydroxyl groups excluding tert-OH is 1. The van der Waals surface area contributed by atoms with E-state index in [0.29, 0.717) is 23.1 Å². The first-order valence-corrected chi connectivity index (χ1v) is 11.1. The van der Waals surface area contributed by atoms with Crippen LogP contribution in [-0.2, 0) is 4.75 Å². The number of aliphatic hydroxyl groups is 1. The number of anilines is 2. The fourth-order valence-corrected chi connectivity index (χ4v) is 4.50. The van der Waals surface area contributed by atoms with Crippen LogP contribution < -0.4 is 15.8 Å². The molecule has 0 spiro atoms. The molecule has 1 fully saturated rings. The van der Waals surface area contributed by atoms with Gasteiger partial charge in [-0.1, -0.05) is 18.2 Å². The average Bonchev–Trinajstić information content (AvgIpc) is 3.56. The second-order valence-corrected chi connectivity index (χ2v) is 8.80. The second-order valence-electron chi connectivity index (χ2n) is 7.33. The molecule has 4 rings (SSSR count). The number of carbonyl (C=O) groups is 1. The van der Waals surface area contributed by atoms with Crippen molar-refractivity contribution in [1.29, 1.82) is 0 Å². The van der Waals surface area contributed by atoms with Crippen LogP contribution in [0.3, 0.4) is 0 Å². The lowest BCUT2D eigenvalue weighted by atomic mass is 10.1. The monoisotopic (exact) mass is 436 g/mol. The van der Waals surface area contributed by atoms with E-state index in [1.54, 1.807) is 36.4 Å². The van der Waals surface area contributed by atoms with Gasteiger partial charge in [0.25, 0.3) is 0 Å². The molecule has 8 heteroatoms. The van der Waals surface area contributed by atoms with E-state index in [0.717, 1.165) is 36.3 Å². The number of nitrogen functional groups attached to an aromatic ring is 1. The van der Waals surface area contributed by atoms with Gasteiger partial charge in [-0.25, -0.2) is 14.8 Å². The molecule has 7 nitrogen and oxygen atoms in total. The summed E-state index contributed by atoms with van der Waals surface area (Å²) in [6, 6.07) is 18.0. The number of para-hydroxylation sites is 1. The molecular formula is C23H24N4O3S. The third-order valence-electron chi connectivity index (χ3n) is 4.94. The van der Waals surface area contributed by atoms with Gasteiger partial charge in [-0.3, -0.25) is 5.32 Å². The largest absolute Gasteiger partial charge is 0.417 e. The summed E-state index contributed by atoms with van der Waals surface area (Å²) >= 11 is 1.82. The van der Waals surface area contributed by atoms with E-state index in [-0.39, 0.29) is 11.4 Å². The van der Waals surface area contributed by atoms with Crippen LogP contribution in [0, 0.1) is 0 Å². The highest BCUT2D eigenvalue weighted by atomic mass is 32.2. The zero-order valence-electron chi connectivity index (χ0n) is 17.0. The van der Waals surface area contributed by atoms with Gasteiger partial charge in [-0.2, -0.15) is 0 Å². The van der Waals surface area contributed by atoms with Crippen molar-refractivity contribution in [2.24, 2.45) is 0 Å². The molecule has 0 aliphatic heterocycles. The maximum absolute atomic E-state index is 12.1. The number of rotatable bonds is 8. The molecule has 1 aliphatic carbocycles. The molecule has 160 valence electrons. The minimum atomic E-state index is -0.558. The van der Waals surface area contributed by atoms with Crippen molar-refractivity contribution in [1.82, 2.24) is 9.97 Å². The zero-order chi connectivity index (χ0) is 21.7. The highest BCUT2D eigenvalue weighted by Crippen LogP contribution is 2.56. The summed E-state index contributed by atoms with van der Waals surface area (Å²) in [6.07, 6.45) is 2.30. The van der Waals surface area contributed by atoms with Gasteiger partial charge < -0.3 is 15.6 Å². The lowest BCUT2D eigenvalue weighted by molar-refractivity contribution is 0.215. The quantitative estimate of drug-likeness (QED) is 0.448. The van der Waals surface area contributed by atoms with Crippen molar-refractivity contribution in [2.75, 3.05) is 23.4 Å². The Hall–Kier alpha value is -3.10. The van der Waals surface area contributed by atoms with Crippen LogP contribution in [0.2, 0.25) is 0 Å². The molecule has 1 aliphatic rings. The maximum Gasteiger partial charge on any atom is 0.417 e. The van der Waals surface area contributed by atoms with Gasteiger partial charge in [-0.15, -0.1) is 11.8 Å². The van der Waals surface area contributed by atoms with Crippen molar-refractivity contribution in [2.45, 2.75) is 24.0 Å². The zero-order valence-corrected chi connectivity index (χ0v) is 17.8. The highest BCUT2D eigenvalue weighted by molar-refractivity contribution is 8.00. The number of ether oxygens (including phenoxy) is 1. The van der Waals surface area contributed by atoms with Crippen LogP contribution >= 0.6 is 11.8 Å². The number of benzene rings is 2. The number of thioether (sulfide) groups is 1. The summed E-state index contributed by atoms with van der Waals surface area (Å²) in [5.74, 6) is 2.35. The Labute approximate surface area is 185 Å². The molecule has 31 heavy (non-hydrogen) atoms. The van der Waals surface area contributed by atoms with Crippen molar-refractivity contribution in [3.05, 3.63) is 66.4 Å². The van der Waals surface area contributed by atoms with E-state index in [2.05, 4.69) is 10.3 Å². The minimum absolute atomic E-state index is 0.0241. The predicted octanol–water partition coefficient (Wildman–Crippen LogP) is 4.44. The lowest BCUT2D eigenvalue weighted by Crippen LogP contribution is -2.16. The van der Waals surface area contributed by atoms with Gasteiger partial charge in [0.15, 0.2) is 5.82 Å². The third-order valence-corrected chi connectivity index (χ3v) is 6.60. The predicted molar refractivity (Wildman–Crippen MR) is 123 cm³/mol. The molecule has 1 heterocycles. The Morgan fingerprint density at radius 2 is 1.87 bits per heavy atom. The smallest absolute Gasteiger partial charge is 0.410 e. The van der Waals surface area contributed by atoms with E-state index in [1.807, 2.05) is 36.0 Å². The van der Waals surface area contributed by atoms with Crippen LogP contribution in [0.15, 0.2) is 60.7 Å². The molecule has 1 aromatic heterocycles. The van der Waals surface area contributed by atoms with E-state index in [9.17, 15) is 4.79 Å². The van der Waals surface area contributed by atoms with Crippen LogP contribution in [-0.4, -0.2) is 33.5 Å². The first-order chi connectivity index (χ1) is 15.1. The lowest BCUT2D eigenvalue weighted by Gasteiger charge is -2.15. The number of hydrogen-bond donors (Lipinski definition) is 3. The first kappa shape index (κ1) is 21.1. The molecule has 0 radical (unpaired) electrons. The van der Waals surface area contributed by atoms with Gasteiger partial charge in [0.1, 0.15) is 11.6 Å². The fourth-order valence-electron chi connectivity index (χ4n) is 3.19. The summed E-state index contributed by atoms with van der Waals surface area (Å²) in [5, 5.41) is 11.8. The molecule has 4 N–H and O–H groups in total. The molecule has 1 saturated carbocycles. The van der Waals surface area contributed by atoms with Gasteiger partial charge in [0.05, 0.1) is 10.4 Å². The maximum atomic E-state index is 12.1. The van der Waals surface area contributed by atoms with Gasteiger partial charge in [0.2, 0.25) is 0 Å². The van der Waals surface area contributed by atoms with Crippen LogP contribution in [0.4, 0.5) is 16.3 Å². The molecule has 0 bridgehead atoms. The SMILES string of the molecule is Nc1cc(C2(SCCCO)CC2)nc(-c2ccc(NC(=O)Oc3ccccc3)cc2)n1. The Kier molecular flexibility index (Phi) is 6.39. The summed E-state index contributed by atoms with van der Waals surface area (Å²) < 4.78 is 5.22. The van der Waals surface area contributed by atoms with Crippen LogP contribution in [0.1, 0.15) is 25.0 Å². The first-order valence-electron chi connectivity index (χ1n) is 10.1. The molecule has 1 amide bonds. The molecule has 0 unspecified atom stereocenters. The van der Waals surface area contributed by atoms with Crippen LogP contribution in [0.5, 0.6) is 5.75 Å². The van der Waals surface area contributed by atoms with E-state index in [1.165, 1.54) is 0 Å². The second kappa shape index (κ2) is 9.36. The van der Waals surface area contributed by atoms with Gasteiger partial charge in [-0.05, 0) is 61.4 Å². The number of aromatic nitrogens is 2. The number of hydrogen-bond acceptors (Lipinski definition) is 7. The standard InChI is InChI=1S/C23H24N4O3S/c24-20-15-19(23(11-12-23)31-14-4-13-28)26-21(27-20)16-7-9-17(10-8-16)25-22(29)30-18-5-2-1-3-6-18/h1-3,5-10,15,28H,4,11-14H2,(H,25,29)(H2,24,26,27). The summed E-state index contributed by atoms with van der Waals surface area (Å²) in [4.78, 5) is 21.2.